The average molecular weight is 263 g/mol. The summed E-state index contributed by atoms with van der Waals surface area (Å²) in [7, 11) is 3.37. The third kappa shape index (κ3) is 5.52. The van der Waals surface area contributed by atoms with Crippen LogP contribution in [0.1, 0.15) is 12.0 Å². The maximum Gasteiger partial charge on any atom is 0.237 e. The molecule has 0 aliphatic rings. The number of nitrogens with two attached hydrogens (primary N) is 1. The van der Waals surface area contributed by atoms with Crippen LogP contribution in [0.15, 0.2) is 30.3 Å². The van der Waals surface area contributed by atoms with Crippen molar-refractivity contribution in [2.24, 2.45) is 5.73 Å². The topological polar surface area (TPSA) is 75.4 Å². The van der Waals surface area contributed by atoms with Gasteiger partial charge in [-0.2, -0.15) is 0 Å². The predicted octanol–water partition coefficient (Wildman–Crippen LogP) is 0.151. The zero-order valence-electron chi connectivity index (χ0n) is 11.4. The Hall–Kier alpha value is -1.88. The van der Waals surface area contributed by atoms with Crippen LogP contribution in [-0.4, -0.2) is 43.4 Å². The summed E-state index contributed by atoms with van der Waals surface area (Å²) >= 11 is 0. The second kappa shape index (κ2) is 7.53. The molecule has 0 spiro atoms. The standard InChI is InChI=1S/C14H21N3O2/c1-17(2)13(18)8-9-16-14(19)12(15)10-11-6-4-3-5-7-11/h3-7,12H,8-10,15H2,1-2H3,(H,16,19)/t12-/m1/s1. The molecule has 0 fully saturated rings. The highest BCUT2D eigenvalue weighted by Crippen LogP contribution is 2.01. The van der Waals surface area contributed by atoms with Crippen molar-refractivity contribution in [1.82, 2.24) is 10.2 Å². The van der Waals surface area contributed by atoms with Crippen LogP contribution in [0, 0.1) is 0 Å². The van der Waals surface area contributed by atoms with Gasteiger partial charge in [0.15, 0.2) is 0 Å². The fraction of sp³-hybridized carbons (Fsp3) is 0.429. The van der Waals surface area contributed by atoms with Crippen LogP contribution >= 0.6 is 0 Å². The third-order valence-corrected chi connectivity index (χ3v) is 2.77. The van der Waals surface area contributed by atoms with Crippen molar-refractivity contribution in [1.29, 1.82) is 0 Å². The Labute approximate surface area is 113 Å². The van der Waals surface area contributed by atoms with Gasteiger partial charge in [0, 0.05) is 27.1 Å². The van der Waals surface area contributed by atoms with Crippen molar-refractivity contribution in [2.45, 2.75) is 18.9 Å². The highest BCUT2D eigenvalue weighted by molar-refractivity contribution is 5.82. The number of carbonyl (C=O) groups excluding carboxylic acids is 2. The number of hydrogen-bond acceptors (Lipinski definition) is 3. The molecule has 0 heterocycles. The first-order valence-corrected chi connectivity index (χ1v) is 6.28. The first-order valence-electron chi connectivity index (χ1n) is 6.28. The molecule has 1 atom stereocenters. The van der Waals surface area contributed by atoms with Gasteiger partial charge in [0.1, 0.15) is 0 Å². The number of benzene rings is 1. The van der Waals surface area contributed by atoms with Crippen LogP contribution in [0.4, 0.5) is 0 Å². The molecule has 3 N–H and O–H groups in total. The molecule has 0 aliphatic heterocycles. The van der Waals surface area contributed by atoms with Crippen LogP contribution in [0.3, 0.4) is 0 Å². The maximum atomic E-state index is 11.7. The number of rotatable bonds is 6. The van der Waals surface area contributed by atoms with E-state index in [1.807, 2.05) is 30.3 Å². The van der Waals surface area contributed by atoms with E-state index in [4.69, 9.17) is 5.73 Å². The fourth-order valence-electron chi connectivity index (χ4n) is 1.61. The molecule has 0 unspecified atom stereocenters. The van der Waals surface area contributed by atoms with Gasteiger partial charge in [-0.3, -0.25) is 9.59 Å². The van der Waals surface area contributed by atoms with Crippen molar-refractivity contribution >= 4 is 11.8 Å². The molecule has 0 aromatic heterocycles. The molecular weight excluding hydrogens is 242 g/mol. The molecule has 0 saturated carbocycles. The van der Waals surface area contributed by atoms with Gasteiger partial charge >= 0.3 is 0 Å². The maximum absolute atomic E-state index is 11.7. The molecule has 5 heteroatoms. The van der Waals surface area contributed by atoms with Gasteiger partial charge in [0.25, 0.3) is 0 Å². The van der Waals surface area contributed by atoms with E-state index < -0.39 is 6.04 Å². The van der Waals surface area contributed by atoms with Crippen molar-refractivity contribution < 1.29 is 9.59 Å². The second-order valence-corrected chi connectivity index (χ2v) is 4.63. The molecule has 19 heavy (non-hydrogen) atoms. The predicted molar refractivity (Wildman–Crippen MR) is 74.4 cm³/mol. The van der Waals surface area contributed by atoms with E-state index in [0.29, 0.717) is 13.0 Å². The van der Waals surface area contributed by atoms with E-state index in [2.05, 4.69) is 5.32 Å². The number of nitrogens with zero attached hydrogens (tertiary/aromatic N) is 1. The molecule has 0 bridgehead atoms. The average Bonchev–Trinajstić information content (AvgIpc) is 2.39. The minimum atomic E-state index is -0.586. The lowest BCUT2D eigenvalue weighted by atomic mass is 10.1. The van der Waals surface area contributed by atoms with Crippen LogP contribution in [0.25, 0.3) is 0 Å². The van der Waals surface area contributed by atoms with Crippen LogP contribution in [0.5, 0.6) is 0 Å². The summed E-state index contributed by atoms with van der Waals surface area (Å²) in [5.41, 5.74) is 6.84. The summed E-state index contributed by atoms with van der Waals surface area (Å²) in [6.07, 6.45) is 0.783. The fourth-order valence-corrected chi connectivity index (χ4v) is 1.61. The second-order valence-electron chi connectivity index (χ2n) is 4.63. The SMILES string of the molecule is CN(C)C(=O)CCNC(=O)[C@H](N)Cc1ccccc1. The largest absolute Gasteiger partial charge is 0.354 e. The first-order chi connectivity index (χ1) is 9.00. The Kier molecular flexibility index (Phi) is 6.02. The van der Waals surface area contributed by atoms with Crippen molar-refractivity contribution in [3.05, 3.63) is 35.9 Å². The lowest BCUT2D eigenvalue weighted by molar-refractivity contribution is -0.128. The molecular formula is C14H21N3O2. The van der Waals surface area contributed by atoms with Gasteiger partial charge in [-0.15, -0.1) is 0 Å². The minimum absolute atomic E-state index is 0.0167. The van der Waals surface area contributed by atoms with Crippen LogP contribution in [-0.2, 0) is 16.0 Å². The number of carbonyl (C=O) groups is 2. The van der Waals surface area contributed by atoms with Gasteiger partial charge in [-0.1, -0.05) is 30.3 Å². The van der Waals surface area contributed by atoms with E-state index in [0.717, 1.165) is 5.56 Å². The molecule has 104 valence electrons. The summed E-state index contributed by atoms with van der Waals surface area (Å²) in [4.78, 5) is 24.6. The van der Waals surface area contributed by atoms with Gasteiger partial charge < -0.3 is 16.0 Å². The molecule has 0 radical (unpaired) electrons. The Bertz CT molecular complexity index is 418. The van der Waals surface area contributed by atoms with Crippen LogP contribution in [0.2, 0.25) is 0 Å². The molecule has 0 saturated heterocycles. The molecule has 1 aromatic rings. The van der Waals surface area contributed by atoms with Crippen LogP contribution < -0.4 is 11.1 Å². The summed E-state index contributed by atoms with van der Waals surface area (Å²) in [5, 5.41) is 2.68. The Balaban J connectivity index is 2.31. The Morgan fingerprint density at radius 2 is 1.89 bits per heavy atom. The summed E-state index contributed by atoms with van der Waals surface area (Å²) < 4.78 is 0. The van der Waals surface area contributed by atoms with Crippen molar-refractivity contribution in [3.63, 3.8) is 0 Å². The molecule has 5 nitrogen and oxygen atoms in total. The number of nitrogens with one attached hydrogen (secondary N) is 1. The van der Waals surface area contributed by atoms with Gasteiger partial charge in [-0.05, 0) is 12.0 Å². The van der Waals surface area contributed by atoms with Crippen molar-refractivity contribution in [2.75, 3.05) is 20.6 Å². The highest BCUT2D eigenvalue weighted by Gasteiger charge is 2.14. The summed E-state index contributed by atoms with van der Waals surface area (Å²) in [5.74, 6) is -0.243. The Morgan fingerprint density at radius 3 is 2.47 bits per heavy atom. The van der Waals surface area contributed by atoms with E-state index >= 15 is 0 Å². The number of hydrogen-bond donors (Lipinski definition) is 2. The molecule has 1 aromatic carbocycles. The normalized spacial score (nSPS) is 11.7. The lowest BCUT2D eigenvalue weighted by Crippen LogP contribution is -2.43. The molecule has 0 aliphatic carbocycles. The Morgan fingerprint density at radius 1 is 1.26 bits per heavy atom. The zero-order valence-corrected chi connectivity index (χ0v) is 11.4. The van der Waals surface area contributed by atoms with Gasteiger partial charge in [-0.25, -0.2) is 0 Å². The molecule has 2 amide bonds. The summed E-state index contributed by atoms with van der Waals surface area (Å²) in [6.45, 7) is 0.318. The van der Waals surface area contributed by atoms with E-state index in [-0.39, 0.29) is 18.2 Å². The smallest absolute Gasteiger partial charge is 0.237 e. The van der Waals surface area contributed by atoms with Gasteiger partial charge in [0.05, 0.1) is 6.04 Å². The van der Waals surface area contributed by atoms with E-state index in [9.17, 15) is 9.59 Å². The minimum Gasteiger partial charge on any atom is -0.354 e. The zero-order chi connectivity index (χ0) is 14.3. The monoisotopic (exact) mass is 263 g/mol. The first kappa shape index (κ1) is 15.2. The highest BCUT2D eigenvalue weighted by atomic mass is 16.2. The lowest BCUT2D eigenvalue weighted by Gasteiger charge is -2.13. The quantitative estimate of drug-likeness (QED) is 0.767. The van der Waals surface area contributed by atoms with Crippen molar-refractivity contribution in [3.8, 4) is 0 Å². The van der Waals surface area contributed by atoms with Gasteiger partial charge in [0.2, 0.25) is 11.8 Å². The summed E-state index contributed by atoms with van der Waals surface area (Å²) in [6, 6.07) is 9.02. The number of amides is 2. The third-order valence-electron chi connectivity index (χ3n) is 2.77. The van der Waals surface area contributed by atoms with E-state index in [1.165, 1.54) is 4.90 Å². The van der Waals surface area contributed by atoms with E-state index in [1.54, 1.807) is 14.1 Å². The molecule has 1 rings (SSSR count).